The van der Waals surface area contributed by atoms with Gasteiger partial charge in [0.1, 0.15) is 0 Å². The summed E-state index contributed by atoms with van der Waals surface area (Å²) in [6.45, 7) is 12.7. The summed E-state index contributed by atoms with van der Waals surface area (Å²) in [6.07, 6.45) is 0.990. The molecule has 0 amide bonds. The first kappa shape index (κ1) is 11.0. The molecule has 0 nitrogen and oxygen atoms in total. The van der Waals surface area contributed by atoms with Crippen molar-refractivity contribution in [3.05, 3.63) is 47.5 Å². The van der Waals surface area contributed by atoms with Gasteiger partial charge >= 0.3 is 0 Å². The van der Waals surface area contributed by atoms with Crippen LogP contribution in [0.15, 0.2) is 36.4 Å². The standard InChI is InChI=1S/C14H20/c1-11(2)10-12-6-8-13(9-7-12)14(3,4)5/h6-9H,1,10H2,2-5H3. The Hall–Kier alpha value is -1.04. The quantitative estimate of drug-likeness (QED) is 0.613. The first-order chi connectivity index (χ1) is 6.39. The third-order valence-corrected chi connectivity index (χ3v) is 2.33. The SMILES string of the molecule is C=C(C)Cc1ccc(C(C)(C)C)cc1. The lowest BCUT2D eigenvalue weighted by Crippen LogP contribution is -2.10. The summed E-state index contributed by atoms with van der Waals surface area (Å²) >= 11 is 0. The van der Waals surface area contributed by atoms with Gasteiger partial charge in [-0.15, -0.1) is 0 Å². The molecule has 76 valence electrons. The molecular weight excluding hydrogens is 168 g/mol. The molecule has 0 heterocycles. The Balaban J connectivity index is 2.84. The summed E-state index contributed by atoms with van der Waals surface area (Å²) in [6, 6.07) is 8.85. The van der Waals surface area contributed by atoms with Crippen LogP contribution in [0.25, 0.3) is 0 Å². The summed E-state index contributed by atoms with van der Waals surface area (Å²) in [7, 11) is 0. The van der Waals surface area contributed by atoms with Crippen molar-refractivity contribution < 1.29 is 0 Å². The molecule has 1 aromatic rings. The molecule has 0 radical (unpaired) electrons. The van der Waals surface area contributed by atoms with Gasteiger partial charge in [0.15, 0.2) is 0 Å². The predicted molar refractivity (Wildman–Crippen MR) is 63.7 cm³/mol. The van der Waals surface area contributed by atoms with Crippen LogP contribution >= 0.6 is 0 Å². The van der Waals surface area contributed by atoms with Crippen molar-refractivity contribution in [2.45, 2.75) is 39.5 Å². The highest BCUT2D eigenvalue weighted by Crippen LogP contribution is 2.22. The summed E-state index contributed by atoms with van der Waals surface area (Å²) in [5, 5.41) is 0. The lowest BCUT2D eigenvalue weighted by Gasteiger charge is -2.19. The van der Waals surface area contributed by atoms with Gasteiger partial charge in [0.05, 0.1) is 0 Å². The van der Waals surface area contributed by atoms with Crippen LogP contribution in [0, 0.1) is 0 Å². The predicted octanol–water partition coefficient (Wildman–Crippen LogP) is 4.10. The molecule has 0 aliphatic rings. The van der Waals surface area contributed by atoms with Gasteiger partial charge in [0.2, 0.25) is 0 Å². The second-order valence-electron chi connectivity index (χ2n) is 5.08. The van der Waals surface area contributed by atoms with Crippen LogP contribution in [0.5, 0.6) is 0 Å². The Morgan fingerprint density at radius 1 is 1.14 bits per heavy atom. The van der Waals surface area contributed by atoms with E-state index in [9.17, 15) is 0 Å². The van der Waals surface area contributed by atoms with Crippen LogP contribution < -0.4 is 0 Å². The molecule has 0 unspecified atom stereocenters. The normalized spacial score (nSPS) is 11.4. The van der Waals surface area contributed by atoms with Gasteiger partial charge in [0.25, 0.3) is 0 Å². The molecule has 0 saturated heterocycles. The lowest BCUT2D eigenvalue weighted by molar-refractivity contribution is 0.590. The van der Waals surface area contributed by atoms with Gasteiger partial charge in [-0.05, 0) is 29.9 Å². The third kappa shape index (κ3) is 3.02. The van der Waals surface area contributed by atoms with Crippen molar-refractivity contribution in [3.63, 3.8) is 0 Å². The largest absolute Gasteiger partial charge is 0.0998 e. The van der Waals surface area contributed by atoms with Gasteiger partial charge in [0, 0.05) is 0 Å². The smallest absolute Gasteiger partial charge is 0.00726 e. The fourth-order valence-electron chi connectivity index (χ4n) is 1.47. The maximum absolute atomic E-state index is 3.92. The fourth-order valence-corrected chi connectivity index (χ4v) is 1.47. The molecule has 0 heteroatoms. The average Bonchev–Trinajstić information content (AvgIpc) is 2.02. The fraction of sp³-hybridized carbons (Fsp3) is 0.429. The van der Waals surface area contributed by atoms with E-state index >= 15 is 0 Å². The van der Waals surface area contributed by atoms with Crippen LogP contribution in [-0.4, -0.2) is 0 Å². The molecule has 0 atom stereocenters. The molecule has 0 bridgehead atoms. The third-order valence-electron chi connectivity index (χ3n) is 2.33. The summed E-state index contributed by atoms with van der Waals surface area (Å²) in [5.74, 6) is 0. The lowest BCUT2D eigenvalue weighted by atomic mass is 9.86. The zero-order valence-electron chi connectivity index (χ0n) is 9.72. The van der Waals surface area contributed by atoms with Crippen LogP contribution in [0.4, 0.5) is 0 Å². The Morgan fingerprint density at radius 3 is 2.00 bits per heavy atom. The van der Waals surface area contributed by atoms with E-state index in [4.69, 9.17) is 0 Å². The molecular formula is C14H20. The van der Waals surface area contributed by atoms with Crippen molar-refractivity contribution >= 4 is 0 Å². The Labute approximate surface area is 87.7 Å². The van der Waals surface area contributed by atoms with Crippen molar-refractivity contribution in [2.75, 3.05) is 0 Å². The molecule has 0 N–H and O–H groups in total. The molecule has 1 rings (SSSR count). The minimum absolute atomic E-state index is 0.252. The molecule has 14 heavy (non-hydrogen) atoms. The molecule has 0 fully saturated rings. The molecule has 0 saturated carbocycles. The monoisotopic (exact) mass is 188 g/mol. The number of hydrogen-bond acceptors (Lipinski definition) is 0. The van der Waals surface area contributed by atoms with E-state index < -0.39 is 0 Å². The maximum Gasteiger partial charge on any atom is -0.00726 e. The number of benzene rings is 1. The van der Waals surface area contributed by atoms with E-state index in [1.807, 2.05) is 0 Å². The van der Waals surface area contributed by atoms with E-state index in [0.717, 1.165) is 6.42 Å². The molecule has 0 aromatic heterocycles. The zero-order chi connectivity index (χ0) is 10.8. The number of hydrogen-bond donors (Lipinski definition) is 0. The maximum atomic E-state index is 3.92. The Bertz CT molecular complexity index is 309. The van der Waals surface area contributed by atoms with Gasteiger partial charge in [-0.3, -0.25) is 0 Å². The van der Waals surface area contributed by atoms with Gasteiger partial charge in [-0.25, -0.2) is 0 Å². The highest BCUT2D eigenvalue weighted by molar-refractivity contribution is 5.29. The van der Waals surface area contributed by atoms with E-state index in [-0.39, 0.29) is 5.41 Å². The number of rotatable bonds is 2. The summed E-state index contributed by atoms with van der Waals surface area (Å²) in [5.41, 5.74) is 4.21. The van der Waals surface area contributed by atoms with E-state index in [0.29, 0.717) is 0 Å². The number of allylic oxidation sites excluding steroid dienone is 1. The minimum atomic E-state index is 0.252. The highest BCUT2D eigenvalue weighted by Gasteiger charge is 2.12. The molecule has 0 spiro atoms. The van der Waals surface area contributed by atoms with Crippen molar-refractivity contribution in [1.82, 2.24) is 0 Å². The molecule has 0 aliphatic carbocycles. The van der Waals surface area contributed by atoms with Crippen LogP contribution in [-0.2, 0) is 11.8 Å². The minimum Gasteiger partial charge on any atom is -0.0998 e. The first-order valence-electron chi connectivity index (χ1n) is 5.13. The molecule has 1 aromatic carbocycles. The van der Waals surface area contributed by atoms with E-state index in [1.54, 1.807) is 0 Å². The summed E-state index contributed by atoms with van der Waals surface area (Å²) in [4.78, 5) is 0. The topological polar surface area (TPSA) is 0 Å². The summed E-state index contributed by atoms with van der Waals surface area (Å²) < 4.78 is 0. The highest BCUT2D eigenvalue weighted by atomic mass is 14.2. The van der Waals surface area contributed by atoms with E-state index in [2.05, 4.69) is 58.5 Å². The van der Waals surface area contributed by atoms with Crippen molar-refractivity contribution in [2.24, 2.45) is 0 Å². The Morgan fingerprint density at radius 2 is 1.64 bits per heavy atom. The van der Waals surface area contributed by atoms with Crippen LogP contribution in [0.3, 0.4) is 0 Å². The zero-order valence-corrected chi connectivity index (χ0v) is 9.72. The molecule has 0 aliphatic heterocycles. The average molecular weight is 188 g/mol. The first-order valence-corrected chi connectivity index (χ1v) is 5.13. The van der Waals surface area contributed by atoms with Crippen LogP contribution in [0.2, 0.25) is 0 Å². The van der Waals surface area contributed by atoms with Gasteiger partial charge < -0.3 is 0 Å². The van der Waals surface area contributed by atoms with E-state index in [1.165, 1.54) is 16.7 Å². The van der Waals surface area contributed by atoms with Gasteiger partial charge in [-0.1, -0.05) is 57.2 Å². The van der Waals surface area contributed by atoms with Crippen LogP contribution in [0.1, 0.15) is 38.8 Å². The second-order valence-corrected chi connectivity index (χ2v) is 5.08. The second kappa shape index (κ2) is 4.00. The van der Waals surface area contributed by atoms with Crippen molar-refractivity contribution in [3.8, 4) is 0 Å². The van der Waals surface area contributed by atoms with Gasteiger partial charge in [-0.2, -0.15) is 0 Å². The Kier molecular flexibility index (Phi) is 3.15. The van der Waals surface area contributed by atoms with Crippen molar-refractivity contribution in [1.29, 1.82) is 0 Å².